The van der Waals surface area contributed by atoms with Crippen LogP contribution in [0.4, 0.5) is 0 Å². The fourth-order valence-electron chi connectivity index (χ4n) is 2.23. The molecular weight excluding hydrogens is 320 g/mol. The average Bonchev–Trinajstić information content (AvgIpc) is 3.20. The molecular formula is C18H18N4O3. The van der Waals surface area contributed by atoms with Gasteiger partial charge in [0.15, 0.2) is 0 Å². The third-order valence-corrected chi connectivity index (χ3v) is 3.51. The second-order valence-corrected chi connectivity index (χ2v) is 5.17. The Bertz CT molecular complexity index is 817. The minimum Gasteiger partial charge on any atom is -0.497 e. The largest absolute Gasteiger partial charge is 0.497 e. The van der Waals surface area contributed by atoms with Gasteiger partial charge in [-0.3, -0.25) is 4.79 Å². The molecule has 0 saturated heterocycles. The first-order valence-electron chi connectivity index (χ1n) is 7.76. The molecule has 3 rings (SSSR count). The fraction of sp³-hybridized carbons (Fsp3) is 0.167. The van der Waals surface area contributed by atoms with Crippen LogP contribution in [-0.4, -0.2) is 40.9 Å². The van der Waals surface area contributed by atoms with Crippen LogP contribution in [0.1, 0.15) is 10.4 Å². The highest BCUT2D eigenvalue weighted by Crippen LogP contribution is 2.18. The van der Waals surface area contributed by atoms with Crippen molar-refractivity contribution in [1.82, 2.24) is 20.1 Å². The van der Waals surface area contributed by atoms with Gasteiger partial charge in [0.2, 0.25) is 0 Å². The van der Waals surface area contributed by atoms with E-state index in [1.54, 1.807) is 36.3 Å². The highest BCUT2D eigenvalue weighted by atomic mass is 16.5. The zero-order valence-electron chi connectivity index (χ0n) is 13.8. The minimum absolute atomic E-state index is 0.153. The molecule has 0 aliphatic carbocycles. The summed E-state index contributed by atoms with van der Waals surface area (Å²) in [6.45, 7) is 0.775. The van der Waals surface area contributed by atoms with E-state index in [4.69, 9.17) is 9.47 Å². The lowest BCUT2D eigenvalue weighted by molar-refractivity contribution is 0.0947. The number of aromatic nitrogens is 3. The number of amides is 1. The lowest BCUT2D eigenvalue weighted by atomic mass is 10.2. The standard InChI is InChI=1S/C18H18N4O3/c1-24-16-3-2-4-17(11-16)25-10-9-20-18(23)14-5-7-15(8-6-14)22-13-19-12-21-22/h2-8,11-13H,9-10H2,1H3,(H,20,23). The lowest BCUT2D eigenvalue weighted by Crippen LogP contribution is -2.28. The molecule has 25 heavy (non-hydrogen) atoms. The van der Waals surface area contributed by atoms with Crippen molar-refractivity contribution in [2.24, 2.45) is 0 Å². The van der Waals surface area contributed by atoms with Gasteiger partial charge in [-0.2, -0.15) is 5.10 Å². The van der Waals surface area contributed by atoms with E-state index in [0.717, 1.165) is 11.4 Å². The van der Waals surface area contributed by atoms with E-state index in [2.05, 4.69) is 15.4 Å². The minimum atomic E-state index is -0.153. The maximum atomic E-state index is 12.1. The van der Waals surface area contributed by atoms with Gasteiger partial charge in [-0.05, 0) is 36.4 Å². The Kier molecular flexibility index (Phi) is 5.26. The quantitative estimate of drug-likeness (QED) is 0.667. The van der Waals surface area contributed by atoms with E-state index in [0.29, 0.717) is 24.5 Å². The van der Waals surface area contributed by atoms with E-state index >= 15 is 0 Å². The van der Waals surface area contributed by atoms with Gasteiger partial charge in [-0.25, -0.2) is 9.67 Å². The smallest absolute Gasteiger partial charge is 0.251 e. The van der Waals surface area contributed by atoms with E-state index in [-0.39, 0.29) is 5.91 Å². The van der Waals surface area contributed by atoms with Crippen LogP contribution in [0.2, 0.25) is 0 Å². The van der Waals surface area contributed by atoms with Gasteiger partial charge in [0.25, 0.3) is 5.91 Å². The number of methoxy groups -OCH3 is 1. The van der Waals surface area contributed by atoms with Gasteiger partial charge < -0.3 is 14.8 Å². The molecule has 1 N–H and O–H groups in total. The number of carbonyl (C=O) groups excluding carboxylic acids is 1. The molecule has 0 radical (unpaired) electrons. The second kappa shape index (κ2) is 7.96. The summed E-state index contributed by atoms with van der Waals surface area (Å²) in [6.07, 6.45) is 3.06. The first-order valence-corrected chi connectivity index (χ1v) is 7.76. The summed E-state index contributed by atoms with van der Waals surface area (Å²) in [5, 5.41) is 6.86. The summed E-state index contributed by atoms with van der Waals surface area (Å²) in [4.78, 5) is 16.0. The molecule has 0 fully saturated rings. The molecule has 2 aromatic carbocycles. The number of nitrogens with zero attached hydrogens (tertiary/aromatic N) is 3. The number of rotatable bonds is 7. The normalized spacial score (nSPS) is 10.3. The Morgan fingerprint density at radius 1 is 1.16 bits per heavy atom. The van der Waals surface area contributed by atoms with Gasteiger partial charge in [-0.15, -0.1) is 0 Å². The van der Waals surface area contributed by atoms with Crippen molar-refractivity contribution in [2.75, 3.05) is 20.3 Å². The van der Waals surface area contributed by atoms with Gasteiger partial charge in [0.1, 0.15) is 30.8 Å². The van der Waals surface area contributed by atoms with Gasteiger partial charge in [0.05, 0.1) is 19.3 Å². The molecule has 0 atom stereocenters. The SMILES string of the molecule is COc1cccc(OCCNC(=O)c2ccc(-n3cncn3)cc2)c1. The van der Waals surface area contributed by atoms with Crippen LogP contribution in [0.15, 0.2) is 61.2 Å². The Morgan fingerprint density at radius 2 is 1.96 bits per heavy atom. The molecule has 7 nitrogen and oxygen atoms in total. The summed E-state index contributed by atoms with van der Waals surface area (Å²) in [6, 6.07) is 14.5. The summed E-state index contributed by atoms with van der Waals surface area (Å²) in [5.41, 5.74) is 1.42. The maximum Gasteiger partial charge on any atom is 0.251 e. The molecule has 1 amide bonds. The van der Waals surface area contributed by atoms with E-state index in [1.165, 1.54) is 6.33 Å². The second-order valence-electron chi connectivity index (χ2n) is 5.17. The lowest BCUT2D eigenvalue weighted by Gasteiger charge is -2.09. The van der Waals surface area contributed by atoms with Gasteiger partial charge >= 0.3 is 0 Å². The van der Waals surface area contributed by atoms with E-state index in [1.807, 2.05) is 30.3 Å². The van der Waals surface area contributed by atoms with Crippen LogP contribution in [0.5, 0.6) is 11.5 Å². The average molecular weight is 338 g/mol. The zero-order chi connectivity index (χ0) is 17.5. The molecule has 0 aliphatic rings. The van der Waals surface area contributed by atoms with E-state index in [9.17, 15) is 4.79 Å². The monoisotopic (exact) mass is 338 g/mol. The van der Waals surface area contributed by atoms with Crippen LogP contribution < -0.4 is 14.8 Å². The molecule has 7 heteroatoms. The Balaban J connectivity index is 1.47. The zero-order valence-corrected chi connectivity index (χ0v) is 13.8. The number of benzene rings is 2. The third-order valence-electron chi connectivity index (χ3n) is 3.51. The van der Waals surface area contributed by atoms with Gasteiger partial charge in [-0.1, -0.05) is 6.07 Å². The highest BCUT2D eigenvalue weighted by Gasteiger charge is 2.06. The maximum absolute atomic E-state index is 12.1. The topological polar surface area (TPSA) is 78.3 Å². The van der Waals surface area contributed by atoms with Crippen molar-refractivity contribution < 1.29 is 14.3 Å². The molecule has 0 bridgehead atoms. The predicted octanol–water partition coefficient (Wildman–Crippen LogP) is 2.08. The summed E-state index contributed by atoms with van der Waals surface area (Å²) < 4.78 is 12.4. The van der Waals surface area contributed by atoms with Crippen LogP contribution in [0, 0.1) is 0 Å². The number of hydrogen-bond donors (Lipinski definition) is 1. The van der Waals surface area contributed by atoms with Crippen molar-refractivity contribution in [3.8, 4) is 17.2 Å². The summed E-state index contributed by atoms with van der Waals surface area (Å²) in [7, 11) is 1.60. The van der Waals surface area contributed by atoms with Crippen LogP contribution in [0.3, 0.4) is 0 Å². The Hall–Kier alpha value is -3.35. The van der Waals surface area contributed by atoms with Crippen LogP contribution >= 0.6 is 0 Å². The number of ether oxygens (including phenoxy) is 2. The molecule has 0 spiro atoms. The molecule has 3 aromatic rings. The van der Waals surface area contributed by atoms with Crippen LogP contribution in [0.25, 0.3) is 5.69 Å². The summed E-state index contributed by atoms with van der Waals surface area (Å²) >= 11 is 0. The molecule has 0 saturated carbocycles. The van der Waals surface area contributed by atoms with Crippen molar-refractivity contribution in [1.29, 1.82) is 0 Å². The van der Waals surface area contributed by atoms with Crippen molar-refractivity contribution in [2.45, 2.75) is 0 Å². The van der Waals surface area contributed by atoms with E-state index < -0.39 is 0 Å². The number of carbonyl (C=O) groups is 1. The Morgan fingerprint density at radius 3 is 2.68 bits per heavy atom. The highest BCUT2D eigenvalue weighted by molar-refractivity contribution is 5.94. The fourth-order valence-corrected chi connectivity index (χ4v) is 2.23. The molecule has 0 aliphatic heterocycles. The van der Waals surface area contributed by atoms with Crippen LogP contribution in [-0.2, 0) is 0 Å². The first kappa shape index (κ1) is 16.5. The third kappa shape index (κ3) is 4.35. The van der Waals surface area contributed by atoms with Crippen molar-refractivity contribution >= 4 is 5.91 Å². The van der Waals surface area contributed by atoms with Crippen molar-refractivity contribution in [3.63, 3.8) is 0 Å². The summed E-state index contributed by atoms with van der Waals surface area (Å²) in [5.74, 6) is 1.28. The molecule has 128 valence electrons. The number of hydrogen-bond acceptors (Lipinski definition) is 5. The number of nitrogens with one attached hydrogen (secondary N) is 1. The molecule has 1 heterocycles. The van der Waals surface area contributed by atoms with Crippen molar-refractivity contribution in [3.05, 3.63) is 66.7 Å². The first-order chi connectivity index (χ1) is 12.3. The predicted molar refractivity (Wildman–Crippen MR) is 92.2 cm³/mol. The Labute approximate surface area is 145 Å². The molecule has 1 aromatic heterocycles. The van der Waals surface area contributed by atoms with Gasteiger partial charge in [0, 0.05) is 11.6 Å². The molecule has 0 unspecified atom stereocenters.